The van der Waals surface area contributed by atoms with Gasteiger partial charge in [-0.25, -0.2) is 9.78 Å². The molecular weight excluding hydrogens is 294 g/mol. The van der Waals surface area contributed by atoms with E-state index in [1.807, 2.05) is 6.08 Å². The number of rotatable bonds is 3. The lowest BCUT2D eigenvalue weighted by Gasteiger charge is -2.05. The minimum Gasteiger partial charge on any atom is -0.508 e. The third-order valence-corrected chi connectivity index (χ3v) is 3.43. The summed E-state index contributed by atoms with van der Waals surface area (Å²) in [7, 11) is 0. The number of carboxylic acid groups (broad SMARTS) is 1. The molecule has 0 fully saturated rings. The SMILES string of the molecule is O=C(O)c1ccc2ccc(/C=C/c3ccc(O)cc3)nc2c1O. The van der Waals surface area contributed by atoms with Gasteiger partial charge in [0.15, 0.2) is 5.75 Å². The molecule has 1 aromatic heterocycles. The van der Waals surface area contributed by atoms with E-state index in [1.54, 1.807) is 48.5 Å². The van der Waals surface area contributed by atoms with Gasteiger partial charge in [0.1, 0.15) is 16.8 Å². The fourth-order valence-corrected chi connectivity index (χ4v) is 2.22. The zero-order valence-electron chi connectivity index (χ0n) is 12.0. The highest BCUT2D eigenvalue weighted by atomic mass is 16.4. The third kappa shape index (κ3) is 2.98. The van der Waals surface area contributed by atoms with Gasteiger partial charge in [-0.2, -0.15) is 0 Å². The first-order valence-electron chi connectivity index (χ1n) is 6.88. The van der Waals surface area contributed by atoms with Crippen molar-refractivity contribution < 1.29 is 20.1 Å². The summed E-state index contributed by atoms with van der Waals surface area (Å²) in [6.07, 6.45) is 3.56. The van der Waals surface area contributed by atoms with Crippen LogP contribution >= 0.6 is 0 Å². The predicted molar refractivity (Wildman–Crippen MR) is 87.4 cm³/mol. The van der Waals surface area contributed by atoms with E-state index in [1.165, 1.54) is 6.07 Å². The minimum atomic E-state index is -1.20. The molecule has 0 aliphatic heterocycles. The molecule has 0 atom stereocenters. The molecule has 0 saturated heterocycles. The predicted octanol–water partition coefficient (Wildman–Crippen LogP) is 3.51. The average Bonchev–Trinajstić information content (AvgIpc) is 2.54. The number of carboxylic acids is 1. The highest BCUT2D eigenvalue weighted by Gasteiger charge is 2.13. The lowest BCUT2D eigenvalue weighted by atomic mass is 10.1. The Morgan fingerprint density at radius 2 is 1.61 bits per heavy atom. The summed E-state index contributed by atoms with van der Waals surface area (Å²) in [6, 6.07) is 13.2. The maximum atomic E-state index is 11.1. The normalized spacial score (nSPS) is 11.1. The van der Waals surface area contributed by atoms with Crippen molar-refractivity contribution in [1.29, 1.82) is 0 Å². The number of aromatic carboxylic acids is 1. The van der Waals surface area contributed by atoms with Gasteiger partial charge < -0.3 is 15.3 Å². The van der Waals surface area contributed by atoms with E-state index in [-0.39, 0.29) is 22.6 Å². The molecule has 0 aliphatic carbocycles. The molecule has 114 valence electrons. The molecule has 0 unspecified atom stereocenters. The summed E-state index contributed by atoms with van der Waals surface area (Å²) < 4.78 is 0. The first kappa shape index (κ1) is 14.6. The van der Waals surface area contributed by atoms with E-state index < -0.39 is 5.97 Å². The summed E-state index contributed by atoms with van der Waals surface area (Å²) in [6.45, 7) is 0. The molecule has 3 aromatic rings. The van der Waals surface area contributed by atoms with Crippen LogP contribution in [0.3, 0.4) is 0 Å². The Morgan fingerprint density at radius 3 is 2.30 bits per heavy atom. The van der Waals surface area contributed by atoms with Crippen LogP contribution in [0.5, 0.6) is 11.5 Å². The van der Waals surface area contributed by atoms with Crippen LogP contribution in [-0.4, -0.2) is 26.3 Å². The van der Waals surface area contributed by atoms with Crippen LogP contribution in [-0.2, 0) is 0 Å². The number of nitrogens with zero attached hydrogens (tertiary/aromatic N) is 1. The monoisotopic (exact) mass is 307 g/mol. The number of phenolic OH excluding ortho intramolecular Hbond substituents is 1. The Morgan fingerprint density at radius 1 is 0.913 bits per heavy atom. The molecule has 0 bridgehead atoms. The van der Waals surface area contributed by atoms with Gasteiger partial charge in [-0.3, -0.25) is 0 Å². The van der Waals surface area contributed by atoms with Crippen molar-refractivity contribution in [3.05, 3.63) is 65.4 Å². The van der Waals surface area contributed by atoms with Crippen LogP contribution in [0.25, 0.3) is 23.1 Å². The van der Waals surface area contributed by atoms with Crippen molar-refractivity contribution in [3.8, 4) is 11.5 Å². The maximum Gasteiger partial charge on any atom is 0.339 e. The fraction of sp³-hybridized carbons (Fsp3) is 0. The number of aromatic hydroxyl groups is 2. The summed E-state index contributed by atoms with van der Waals surface area (Å²) in [5, 5.41) is 29.0. The molecule has 3 N–H and O–H groups in total. The number of carbonyl (C=O) groups is 1. The van der Waals surface area contributed by atoms with Gasteiger partial charge in [0.25, 0.3) is 0 Å². The maximum absolute atomic E-state index is 11.1. The number of hydrogen-bond acceptors (Lipinski definition) is 4. The Labute approximate surface area is 131 Å². The highest BCUT2D eigenvalue weighted by molar-refractivity contribution is 5.99. The van der Waals surface area contributed by atoms with Gasteiger partial charge in [0.05, 0.1) is 5.69 Å². The van der Waals surface area contributed by atoms with Crippen LogP contribution in [0.1, 0.15) is 21.6 Å². The number of pyridine rings is 1. The van der Waals surface area contributed by atoms with Crippen molar-refractivity contribution in [3.63, 3.8) is 0 Å². The van der Waals surface area contributed by atoms with E-state index in [2.05, 4.69) is 4.98 Å². The quantitative estimate of drug-likeness (QED) is 0.688. The number of hydrogen-bond donors (Lipinski definition) is 3. The first-order valence-corrected chi connectivity index (χ1v) is 6.88. The largest absolute Gasteiger partial charge is 0.508 e. The molecule has 5 heteroatoms. The molecular formula is C18H13NO4. The van der Waals surface area contributed by atoms with Crippen LogP contribution < -0.4 is 0 Å². The lowest BCUT2D eigenvalue weighted by molar-refractivity contribution is 0.0694. The zero-order chi connectivity index (χ0) is 16.4. The molecule has 0 amide bonds. The second kappa shape index (κ2) is 5.81. The molecule has 5 nitrogen and oxygen atoms in total. The number of fused-ring (bicyclic) bond motifs is 1. The summed E-state index contributed by atoms with van der Waals surface area (Å²) >= 11 is 0. The van der Waals surface area contributed by atoms with E-state index in [0.717, 1.165) is 5.56 Å². The number of aromatic nitrogens is 1. The third-order valence-electron chi connectivity index (χ3n) is 3.43. The molecule has 1 heterocycles. The second-order valence-electron chi connectivity index (χ2n) is 5.00. The smallest absolute Gasteiger partial charge is 0.339 e. The molecule has 0 spiro atoms. The Hall–Kier alpha value is -3.34. The van der Waals surface area contributed by atoms with Crippen molar-refractivity contribution in [2.24, 2.45) is 0 Å². The molecule has 0 aliphatic rings. The first-order chi connectivity index (χ1) is 11.0. The van der Waals surface area contributed by atoms with Crippen LogP contribution in [0.15, 0.2) is 48.5 Å². The Bertz CT molecular complexity index is 914. The van der Waals surface area contributed by atoms with E-state index in [9.17, 15) is 15.0 Å². The van der Waals surface area contributed by atoms with Crippen LogP contribution in [0.2, 0.25) is 0 Å². The molecule has 0 saturated carbocycles. The van der Waals surface area contributed by atoms with Crippen molar-refractivity contribution >= 4 is 29.0 Å². The zero-order valence-corrected chi connectivity index (χ0v) is 12.0. The van der Waals surface area contributed by atoms with Crippen LogP contribution in [0.4, 0.5) is 0 Å². The molecule has 2 aromatic carbocycles. The topological polar surface area (TPSA) is 90.7 Å². The molecule has 0 radical (unpaired) electrons. The van der Waals surface area contributed by atoms with Gasteiger partial charge in [-0.05, 0) is 35.9 Å². The van der Waals surface area contributed by atoms with Crippen LogP contribution in [0, 0.1) is 0 Å². The van der Waals surface area contributed by atoms with Gasteiger partial charge in [0, 0.05) is 5.39 Å². The highest BCUT2D eigenvalue weighted by Crippen LogP contribution is 2.27. The second-order valence-corrected chi connectivity index (χ2v) is 5.00. The number of phenols is 2. The summed E-state index contributed by atoms with van der Waals surface area (Å²) in [4.78, 5) is 15.4. The lowest BCUT2D eigenvalue weighted by Crippen LogP contribution is -1.97. The number of benzene rings is 2. The van der Waals surface area contributed by atoms with Gasteiger partial charge >= 0.3 is 5.97 Å². The summed E-state index contributed by atoms with van der Waals surface area (Å²) in [5.41, 5.74) is 1.54. The Balaban J connectivity index is 2.00. The molecule has 3 rings (SSSR count). The van der Waals surface area contributed by atoms with Crippen molar-refractivity contribution in [1.82, 2.24) is 4.98 Å². The van der Waals surface area contributed by atoms with Crippen molar-refractivity contribution in [2.45, 2.75) is 0 Å². The van der Waals surface area contributed by atoms with E-state index >= 15 is 0 Å². The summed E-state index contributed by atoms with van der Waals surface area (Å²) in [5.74, 6) is -1.34. The van der Waals surface area contributed by atoms with Crippen molar-refractivity contribution in [2.75, 3.05) is 0 Å². The van der Waals surface area contributed by atoms with Gasteiger partial charge in [-0.1, -0.05) is 30.3 Å². The van der Waals surface area contributed by atoms with Gasteiger partial charge in [-0.15, -0.1) is 0 Å². The van der Waals surface area contributed by atoms with E-state index in [4.69, 9.17) is 5.11 Å². The standard InChI is InChI=1S/C18H13NO4/c20-14-8-2-11(3-9-14)1-6-13-7-4-12-5-10-15(18(22)23)17(21)16(12)19-13/h1-10,20-21H,(H,22,23)/b6-1+. The fourth-order valence-electron chi connectivity index (χ4n) is 2.22. The average molecular weight is 307 g/mol. The van der Waals surface area contributed by atoms with E-state index in [0.29, 0.717) is 11.1 Å². The minimum absolute atomic E-state index is 0.176. The Kier molecular flexibility index (Phi) is 3.68. The molecule has 23 heavy (non-hydrogen) atoms. The van der Waals surface area contributed by atoms with Gasteiger partial charge in [0.2, 0.25) is 0 Å².